The van der Waals surface area contributed by atoms with Crippen LogP contribution in [0.3, 0.4) is 0 Å². The molecule has 3 fully saturated rings. The second-order valence-electron chi connectivity index (χ2n) is 16.4. The predicted molar refractivity (Wildman–Crippen MR) is 176 cm³/mol. The lowest BCUT2D eigenvalue weighted by atomic mass is 9.83. The average molecular weight is 668 g/mol. The van der Waals surface area contributed by atoms with Crippen LogP contribution >= 0.6 is 0 Å². The molecule has 0 bridgehead atoms. The third kappa shape index (κ3) is 8.05. The van der Waals surface area contributed by atoms with Crippen molar-refractivity contribution < 1.29 is 32.4 Å². The number of rotatable bonds is 12. The molecule has 46 heavy (non-hydrogen) atoms. The zero-order valence-corrected chi connectivity index (χ0v) is 30.1. The van der Waals surface area contributed by atoms with E-state index < -0.39 is 73.2 Å². The molecule has 2 aliphatic carbocycles. The van der Waals surface area contributed by atoms with Gasteiger partial charge in [0.1, 0.15) is 12.1 Å². The summed E-state index contributed by atoms with van der Waals surface area (Å²) in [7, 11) is -3.56. The van der Waals surface area contributed by atoms with Gasteiger partial charge >= 0.3 is 6.03 Å². The van der Waals surface area contributed by atoms with Crippen LogP contribution in [0.4, 0.5) is 4.79 Å². The Balaban J connectivity index is 1.86. The van der Waals surface area contributed by atoms with Crippen LogP contribution in [0.5, 0.6) is 0 Å². The molecular formula is C33H57N5O7S. The summed E-state index contributed by atoms with van der Waals surface area (Å²) in [5.74, 6) is -3.25. The smallest absolute Gasteiger partial charge is 0.315 e. The highest BCUT2D eigenvalue weighted by Crippen LogP contribution is 2.65. The highest BCUT2D eigenvalue weighted by atomic mass is 32.2. The van der Waals surface area contributed by atoms with E-state index in [1.165, 1.54) is 4.90 Å². The molecule has 0 aromatic heterocycles. The summed E-state index contributed by atoms with van der Waals surface area (Å²) >= 11 is 0. The van der Waals surface area contributed by atoms with Crippen LogP contribution in [0.15, 0.2) is 0 Å². The standard InChI is InChI=1S/C33H57N5O7S/c1-10-11-15-21(24(39)26(34)40)35-27(41)23-22-20(32(22,8)9)18-38(23)28(42)25(30(2,3)4)36-29(43)37-33(16-13-12-14-17-33)19-46(44,45)31(5,6)7/h20-23,25H,10-19H2,1-9H3,(H2,34,40)(H,35,41)(H2,36,37,43)/t20-,21-,22-,23-,25+/m0/s1. The van der Waals surface area contributed by atoms with Crippen LogP contribution < -0.4 is 21.7 Å². The number of Topliss-reactive ketones (excluding diaryl/α,β-unsaturated/α-hetero) is 1. The Kier molecular flexibility index (Phi) is 11.0. The summed E-state index contributed by atoms with van der Waals surface area (Å²) in [5.41, 5.74) is 3.34. The van der Waals surface area contributed by atoms with E-state index in [-0.39, 0.29) is 29.4 Å². The van der Waals surface area contributed by atoms with Crippen LogP contribution in [0.1, 0.15) is 114 Å². The molecule has 13 heteroatoms. The van der Waals surface area contributed by atoms with Crippen molar-refractivity contribution in [1.82, 2.24) is 20.9 Å². The van der Waals surface area contributed by atoms with Crippen molar-refractivity contribution in [3.05, 3.63) is 0 Å². The minimum atomic E-state index is -3.56. The predicted octanol–water partition coefficient (Wildman–Crippen LogP) is 2.83. The number of nitrogens with two attached hydrogens (primary N) is 1. The molecule has 0 aromatic carbocycles. The van der Waals surface area contributed by atoms with Gasteiger partial charge in [0.25, 0.3) is 5.91 Å². The number of amides is 5. The fraction of sp³-hybridized carbons (Fsp3) is 0.848. The van der Waals surface area contributed by atoms with Crippen molar-refractivity contribution >= 4 is 39.4 Å². The number of sulfone groups is 1. The summed E-state index contributed by atoms with van der Waals surface area (Å²) in [6.45, 7) is 16.7. The molecule has 5 atom stereocenters. The number of nitrogens with zero attached hydrogens (tertiary/aromatic N) is 1. The summed E-state index contributed by atoms with van der Waals surface area (Å²) in [4.78, 5) is 67.6. The molecule has 2 saturated carbocycles. The number of hydrogen-bond donors (Lipinski definition) is 4. The molecule has 5 amide bonds. The zero-order valence-electron chi connectivity index (χ0n) is 29.2. The monoisotopic (exact) mass is 667 g/mol. The Hall–Kier alpha value is -2.70. The Bertz CT molecular complexity index is 1310. The van der Waals surface area contributed by atoms with Gasteiger partial charge < -0.3 is 26.6 Å². The molecule has 0 spiro atoms. The van der Waals surface area contributed by atoms with Gasteiger partial charge in [0.15, 0.2) is 9.84 Å². The van der Waals surface area contributed by atoms with Crippen LogP contribution in [-0.4, -0.2) is 83.6 Å². The molecule has 262 valence electrons. The topological polar surface area (TPSA) is 185 Å². The molecule has 12 nitrogen and oxygen atoms in total. The third-order valence-corrected chi connectivity index (χ3v) is 13.3. The van der Waals surface area contributed by atoms with Gasteiger partial charge in [-0.15, -0.1) is 0 Å². The van der Waals surface area contributed by atoms with Crippen molar-refractivity contribution in [3.63, 3.8) is 0 Å². The Morgan fingerprint density at radius 3 is 2.04 bits per heavy atom. The maximum atomic E-state index is 14.3. The number of carbonyl (C=O) groups is 5. The van der Waals surface area contributed by atoms with Crippen molar-refractivity contribution in [3.8, 4) is 0 Å². The van der Waals surface area contributed by atoms with Gasteiger partial charge in [0.05, 0.1) is 22.1 Å². The van der Waals surface area contributed by atoms with Gasteiger partial charge in [0.2, 0.25) is 17.6 Å². The highest BCUT2D eigenvalue weighted by molar-refractivity contribution is 7.92. The minimum absolute atomic E-state index is 0.0516. The number of hydrogen-bond acceptors (Lipinski definition) is 7. The lowest BCUT2D eigenvalue weighted by Gasteiger charge is -2.41. The zero-order chi connectivity index (χ0) is 35.0. The molecule has 1 heterocycles. The summed E-state index contributed by atoms with van der Waals surface area (Å²) in [6.07, 6.45) is 5.13. The normalized spacial score (nSPS) is 25.1. The lowest BCUT2D eigenvalue weighted by molar-refractivity contribution is -0.145. The average Bonchev–Trinajstić information content (AvgIpc) is 3.24. The van der Waals surface area contributed by atoms with E-state index >= 15 is 0 Å². The maximum absolute atomic E-state index is 14.3. The molecule has 0 aromatic rings. The van der Waals surface area contributed by atoms with E-state index in [4.69, 9.17) is 5.73 Å². The van der Waals surface area contributed by atoms with Gasteiger partial charge in [0, 0.05) is 6.54 Å². The molecular weight excluding hydrogens is 610 g/mol. The van der Waals surface area contributed by atoms with E-state index in [0.29, 0.717) is 25.8 Å². The number of unbranched alkanes of at least 4 members (excludes halogenated alkanes) is 1. The highest BCUT2D eigenvalue weighted by Gasteiger charge is 2.70. The second kappa shape index (κ2) is 13.4. The minimum Gasteiger partial charge on any atom is -0.363 e. The van der Waals surface area contributed by atoms with Crippen molar-refractivity contribution in [2.75, 3.05) is 12.3 Å². The summed E-state index contributed by atoms with van der Waals surface area (Å²) < 4.78 is 25.5. The summed E-state index contributed by atoms with van der Waals surface area (Å²) in [6, 6.07) is -3.64. The van der Waals surface area contributed by atoms with Crippen LogP contribution in [0.2, 0.25) is 0 Å². The van der Waals surface area contributed by atoms with Crippen LogP contribution in [0, 0.1) is 22.7 Å². The first-order chi connectivity index (χ1) is 21.0. The van der Waals surface area contributed by atoms with Crippen LogP contribution in [0.25, 0.3) is 0 Å². The maximum Gasteiger partial charge on any atom is 0.315 e. The molecule has 3 aliphatic rings. The Morgan fingerprint density at radius 1 is 0.957 bits per heavy atom. The molecule has 0 unspecified atom stereocenters. The van der Waals surface area contributed by atoms with Crippen molar-refractivity contribution in [1.29, 1.82) is 0 Å². The van der Waals surface area contributed by atoms with E-state index in [9.17, 15) is 32.4 Å². The van der Waals surface area contributed by atoms with Gasteiger partial charge in [-0.2, -0.15) is 0 Å². The second-order valence-corrected chi connectivity index (χ2v) is 19.2. The first-order valence-electron chi connectivity index (χ1n) is 16.7. The summed E-state index contributed by atoms with van der Waals surface area (Å²) in [5, 5.41) is 8.57. The number of ketones is 1. The SMILES string of the molecule is CCCC[C@H](NC(=O)[C@@H]1[C@@H]2[C@H](CN1C(=O)[C@@H](NC(=O)NC1(CS(=O)(=O)C(C)(C)C)CCCCC1)C(C)(C)C)C2(C)C)C(=O)C(N)=O. The molecule has 1 saturated heterocycles. The molecule has 3 rings (SSSR count). The van der Waals surface area contributed by atoms with Gasteiger partial charge in [-0.1, -0.05) is 73.6 Å². The number of nitrogens with one attached hydrogen (secondary N) is 3. The number of primary amides is 1. The van der Waals surface area contributed by atoms with E-state index in [0.717, 1.165) is 25.7 Å². The third-order valence-electron chi connectivity index (χ3n) is 10.5. The Morgan fingerprint density at radius 2 is 1.54 bits per heavy atom. The van der Waals surface area contributed by atoms with Crippen molar-refractivity contribution in [2.45, 2.75) is 142 Å². The van der Waals surface area contributed by atoms with Crippen molar-refractivity contribution in [2.24, 2.45) is 28.4 Å². The van der Waals surface area contributed by atoms with E-state index in [1.54, 1.807) is 20.8 Å². The van der Waals surface area contributed by atoms with Crippen LogP contribution in [-0.2, 0) is 29.0 Å². The first-order valence-corrected chi connectivity index (χ1v) is 18.4. The van der Waals surface area contributed by atoms with E-state index in [2.05, 4.69) is 16.0 Å². The first kappa shape index (κ1) is 37.8. The Labute approximate surface area is 275 Å². The largest absolute Gasteiger partial charge is 0.363 e. The quantitative estimate of drug-likeness (QED) is 0.231. The number of fused-ring (bicyclic) bond motifs is 1. The molecule has 0 radical (unpaired) electrons. The molecule has 1 aliphatic heterocycles. The van der Waals surface area contributed by atoms with Gasteiger partial charge in [-0.25, -0.2) is 13.2 Å². The number of likely N-dealkylation sites (tertiary alicyclic amines) is 1. The lowest BCUT2D eigenvalue weighted by Crippen LogP contribution is -2.64. The number of piperidine rings is 1. The van der Waals surface area contributed by atoms with Gasteiger partial charge in [-0.05, 0) is 62.7 Å². The molecule has 5 N–H and O–H groups in total. The van der Waals surface area contributed by atoms with Gasteiger partial charge in [-0.3, -0.25) is 19.2 Å². The fourth-order valence-electron chi connectivity index (χ4n) is 7.26. The number of urea groups is 1. The fourth-order valence-corrected chi connectivity index (χ4v) is 8.78. The van der Waals surface area contributed by atoms with E-state index in [1.807, 2.05) is 41.5 Å². The number of carbonyl (C=O) groups excluding carboxylic acids is 5.